The zero-order valence-electron chi connectivity index (χ0n) is 11.6. The van der Waals surface area contributed by atoms with E-state index in [-0.39, 0.29) is 11.9 Å². The van der Waals surface area contributed by atoms with Gasteiger partial charge in [0.05, 0.1) is 0 Å². The van der Waals surface area contributed by atoms with Gasteiger partial charge in [-0.2, -0.15) is 0 Å². The van der Waals surface area contributed by atoms with Crippen LogP contribution >= 0.6 is 0 Å². The largest absolute Gasteiger partial charge is 0.353 e. The number of nitrogens with zero attached hydrogens (tertiary/aromatic N) is 1. The van der Waals surface area contributed by atoms with E-state index in [1.807, 2.05) is 0 Å². The standard InChI is InChI=1S/C13H26N6/c14-12(16-11-7-3-4-8-11)17-13(15)18-19-9-5-1-2-6-10-19/h11H,1-10H2,(H5,14,15,16,17,18). The Bertz CT molecular complexity index is 302. The first-order valence-electron chi connectivity index (χ1n) is 7.46. The van der Waals surface area contributed by atoms with Crippen LogP contribution in [0.1, 0.15) is 51.4 Å². The van der Waals surface area contributed by atoms with Crippen molar-refractivity contribution in [3.8, 4) is 0 Å². The van der Waals surface area contributed by atoms with Gasteiger partial charge in [-0.25, -0.2) is 5.01 Å². The highest BCUT2D eigenvalue weighted by Gasteiger charge is 2.16. The van der Waals surface area contributed by atoms with Gasteiger partial charge in [-0.15, -0.1) is 0 Å². The maximum Gasteiger partial charge on any atom is 0.210 e. The summed E-state index contributed by atoms with van der Waals surface area (Å²) < 4.78 is 0. The van der Waals surface area contributed by atoms with Crippen LogP contribution in [0.3, 0.4) is 0 Å². The van der Waals surface area contributed by atoms with Gasteiger partial charge in [-0.1, -0.05) is 25.7 Å². The SMILES string of the molecule is N=C(NC(=N)NN1CCCCCC1)NC1CCCC1. The third kappa shape index (κ3) is 5.06. The van der Waals surface area contributed by atoms with E-state index < -0.39 is 0 Å². The average Bonchev–Trinajstić information content (AvgIpc) is 2.72. The molecule has 0 unspecified atom stereocenters. The summed E-state index contributed by atoms with van der Waals surface area (Å²) in [5.41, 5.74) is 3.04. The average molecular weight is 266 g/mol. The van der Waals surface area contributed by atoms with E-state index in [1.54, 1.807) is 0 Å². The van der Waals surface area contributed by atoms with E-state index in [9.17, 15) is 0 Å². The van der Waals surface area contributed by atoms with Crippen molar-refractivity contribution in [2.45, 2.75) is 57.4 Å². The summed E-state index contributed by atoms with van der Waals surface area (Å²) >= 11 is 0. The van der Waals surface area contributed by atoms with Crippen molar-refractivity contribution in [3.05, 3.63) is 0 Å². The molecule has 0 atom stereocenters. The molecule has 0 bridgehead atoms. The van der Waals surface area contributed by atoms with Crippen LogP contribution in [-0.2, 0) is 0 Å². The molecule has 1 heterocycles. The Morgan fingerprint density at radius 1 is 0.842 bits per heavy atom. The van der Waals surface area contributed by atoms with Crippen LogP contribution in [0.25, 0.3) is 0 Å². The normalized spacial score (nSPS) is 21.7. The van der Waals surface area contributed by atoms with Crippen LogP contribution in [0, 0.1) is 10.8 Å². The van der Waals surface area contributed by atoms with Crippen molar-refractivity contribution in [2.24, 2.45) is 0 Å². The quantitative estimate of drug-likeness (QED) is 0.386. The highest BCUT2D eigenvalue weighted by Crippen LogP contribution is 2.17. The number of nitrogens with one attached hydrogen (secondary N) is 5. The molecule has 1 aliphatic carbocycles. The van der Waals surface area contributed by atoms with Crippen LogP contribution in [0.2, 0.25) is 0 Å². The van der Waals surface area contributed by atoms with Crippen LogP contribution in [0.5, 0.6) is 0 Å². The first-order valence-corrected chi connectivity index (χ1v) is 7.46. The maximum absolute atomic E-state index is 7.86. The van der Waals surface area contributed by atoms with Gasteiger partial charge in [0.2, 0.25) is 5.96 Å². The molecule has 5 N–H and O–H groups in total. The van der Waals surface area contributed by atoms with Crippen molar-refractivity contribution >= 4 is 11.9 Å². The van der Waals surface area contributed by atoms with Crippen LogP contribution in [-0.4, -0.2) is 36.1 Å². The summed E-state index contributed by atoms with van der Waals surface area (Å²) in [5.74, 6) is 0.427. The minimum absolute atomic E-state index is 0.192. The fraction of sp³-hybridized carbons (Fsp3) is 0.846. The van der Waals surface area contributed by atoms with Crippen LogP contribution in [0.15, 0.2) is 0 Å². The van der Waals surface area contributed by atoms with Gasteiger partial charge in [-0.05, 0) is 25.7 Å². The third-order valence-corrected chi connectivity index (χ3v) is 3.83. The summed E-state index contributed by atoms with van der Waals surface area (Å²) in [6.07, 6.45) is 9.67. The molecule has 0 spiro atoms. The second-order valence-electron chi connectivity index (χ2n) is 5.51. The molecule has 0 radical (unpaired) electrons. The summed E-state index contributed by atoms with van der Waals surface area (Å²) in [6, 6.07) is 0.408. The van der Waals surface area contributed by atoms with Crippen LogP contribution < -0.4 is 16.1 Å². The molecule has 2 aliphatic rings. The molecule has 6 nitrogen and oxygen atoms in total. The van der Waals surface area contributed by atoms with Gasteiger partial charge in [0.15, 0.2) is 5.96 Å². The lowest BCUT2D eigenvalue weighted by Gasteiger charge is -2.23. The lowest BCUT2D eigenvalue weighted by atomic mass is 10.2. The Morgan fingerprint density at radius 2 is 1.47 bits per heavy atom. The predicted octanol–water partition coefficient (Wildman–Crippen LogP) is 1.36. The number of hydrogen-bond acceptors (Lipinski definition) is 3. The van der Waals surface area contributed by atoms with Crippen LogP contribution in [0.4, 0.5) is 0 Å². The minimum Gasteiger partial charge on any atom is -0.353 e. The van der Waals surface area contributed by atoms with Crippen molar-refractivity contribution in [3.63, 3.8) is 0 Å². The Balaban J connectivity index is 1.66. The van der Waals surface area contributed by atoms with E-state index in [4.69, 9.17) is 10.8 Å². The second-order valence-corrected chi connectivity index (χ2v) is 5.51. The molecule has 0 aromatic carbocycles. The Labute approximate surface area is 115 Å². The van der Waals surface area contributed by atoms with Crippen molar-refractivity contribution in [1.29, 1.82) is 10.8 Å². The molecule has 0 aromatic heterocycles. The van der Waals surface area contributed by atoms with Gasteiger partial charge in [-0.3, -0.25) is 21.6 Å². The number of rotatable bonds is 2. The fourth-order valence-electron chi connectivity index (χ4n) is 2.80. The van der Waals surface area contributed by atoms with Gasteiger partial charge >= 0.3 is 0 Å². The number of hydrazine groups is 1. The van der Waals surface area contributed by atoms with Gasteiger partial charge in [0, 0.05) is 19.1 Å². The van der Waals surface area contributed by atoms with E-state index >= 15 is 0 Å². The topological polar surface area (TPSA) is 87.0 Å². The Hall–Kier alpha value is -1.30. The first-order chi connectivity index (χ1) is 9.24. The molecule has 0 aromatic rings. The lowest BCUT2D eigenvalue weighted by molar-refractivity contribution is 0.242. The molecule has 1 saturated carbocycles. The monoisotopic (exact) mass is 266 g/mol. The third-order valence-electron chi connectivity index (χ3n) is 3.83. The molecule has 0 amide bonds. The highest BCUT2D eigenvalue weighted by atomic mass is 15.5. The zero-order chi connectivity index (χ0) is 13.5. The smallest absolute Gasteiger partial charge is 0.210 e. The molecular weight excluding hydrogens is 240 g/mol. The summed E-state index contributed by atoms with van der Waals surface area (Å²) in [5, 5.41) is 23.7. The predicted molar refractivity (Wildman–Crippen MR) is 77.2 cm³/mol. The van der Waals surface area contributed by atoms with Gasteiger partial charge in [0.25, 0.3) is 0 Å². The summed E-state index contributed by atoms with van der Waals surface area (Å²) in [7, 11) is 0. The molecule has 1 aliphatic heterocycles. The Kier molecular flexibility index (Phi) is 5.44. The van der Waals surface area contributed by atoms with Crippen molar-refractivity contribution < 1.29 is 0 Å². The van der Waals surface area contributed by atoms with E-state index in [0.717, 1.165) is 25.9 Å². The molecule has 108 valence electrons. The van der Waals surface area contributed by atoms with E-state index in [2.05, 4.69) is 21.1 Å². The Morgan fingerprint density at radius 3 is 2.11 bits per heavy atom. The van der Waals surface area contributed by atoms with Gasteiger partial charge < -0.3 is 5.32 Å². The molecule has 6 heteroatoms. The molecule has 1 saturated heterocycles. The number of guanidine groups is 2. The maximum atomic E-state index is 7.86. The molecule has 2 rings (SSSR count). The number of hydrogen-bond donors (Lipinski definition) is 5. The minimum atomic E-state index is 0.192. The van der Waals surface area contributed by atoms with Gasteiger partial charge in [0.1, 0.15) is 0 Å². The van der Waals surface area contributed by atoms with E-state index in [0.29, 0.717) is 6.04 Å². The van der Waals surface area contributed by atoms with E-state index in [1.165, 1.54) is 38.5 Å². The molecular formula is C13H26N6. The summed E-state index contributed by atoms with van der Waals surface area (Å²) in [4.78, 5) is 0. The molecule has 19 heavy (non-hydrogen) atoms. The van der Waals surface area contributed by atoms with Crippen molar-refractivity contribution in [2.75, 3.05) is 13.1 Å². The zero-order valence-corrected chi connectivity index (χ0v) is 11.6. The van der Waals surface area contributed by atoms with Crippen molar-refractivity contribution in [1.82, 2.24) is 21.1 Å². The highest BCUT2D eigenvalue weighted by molar-refractivity contribution is 5.95. The second kappa shape index (κ2) is 7.33. The first kappa shape index (κ1) is 14.1. The molecule has 2 fully saturated rings. The fourth-order valence-corrected chi connectivity index (χ4v) is 2.80. The lowest BCUT2D eigenvalue weighted by Crippen LogP contribution is -2.53. The summed E-state index contributed by atoms with van der Waals surface area (Å²) in [6.45, 7) is 1.96.